The fourth-order valence-electron chi connectivity index (χ4n) is 4.30. The van der Waals surface area contributed by atoms with Crippen LogP contribution in [0.15, 0.2) is 18.3 Å². The number of hydrogen-bond donors (Lipinski definition) is 2. The molecule has 3 aliphatic rings. The van der Waals surface area contributed by atoms with E-state index in [0.717, 1.165) is 70.5 Å². The Kier molecular flexibility index (Phi) is 5.29. The van der Waals surface area contributed by atoms with Gasteiger partial charge in [-0.15, -0.1) is 0 Å². The maximum Gasteiger partial charge on any atom is 0.248 e. The molecule has 1 atom stereocenters. The topological polar surface area (TPSA) is 91.6 Å². The van der Waals surface area contributed by atoms with Gasteiger partial charge in [-0.3, -0.25) is 14.5 Å². The lowest BCUT2D eigenvalue weighted by molar-refractivity contribution is -0.127. The lowest BCUT2D eigenvalue weighted by Gasteiger charge is -2.42. The summed E-state index contributed by atoms with van der Waals surface area (Å²) in [6.45, 7) is 3.80. The summed E-state index contributed by atoms with van der Waals surface area (Å²) in [7, 11) is 0. The van der Waals surface area contributed by atoms with Crippen LogP contribution in [0, 0.1) is 5.92 Å². The highest BCUT2D eigenvalue weighted by atomic mass is 16.2. The van der Waals surface area contributed by atoms with Gasteiger partial charge in [0.25, 0.3) is 0 Å². The highest BCUT2D eigenvalue weighted by molar-refractivity contribution is 5.93. The van der Waals surface area contributed by atoms with Crippen molar-refractivity contribution in [3.05, 3.63) is 23.9 Å². The van der Waals surface area contributed by atoms with Gasteiger partial charge >= 0.3 is 0 Å². The third-order valence-corrected chi connectivity index (χ3v) is 6.08. The predicted octanol–water partition coefficient (Wildman–Crippen LogP) is 1.14. The molecule has 2 saturated heterocycles. The quantitative estimate of drug-likeness (QED) is 0.810. The van der Waals surface area contributed by atoms with Crippen LogP contribution in [0.5, 0.6) is 0 Å². The zero-order valence-corrected chi connectivity index (χ0v) is 15.8. The molecule has 7 nitrogen and oxygen atoms in total. The predicted molar refractivity (Wildman–Crippen MR) is 103 cm³/mol. The van der Waals surface area contributed by atoms with Crippen LogP contribution in [-0.2, 0) is 4.79 Å². The number of aromatic nitrogens is 1. The van der Waals surface area contributed by atoms with Crippen LogP contribution >= 0.6 is 0 Å². The molecule has 146 valence electrons. The minimum atomic E-state index is -0.419. The molecule has 2 aliphatic heterocycles. The van der Waals surface area contributed by atoms with Gasteiger partial charge in [-0.2, -0.15) is 0 Å². The van der Waals surface area contributed by atoms with E-state index in [1.54, 1.807) is 18.3 Å². The van der Waals surface area contributed by atoms with Crippen molar-refractivity contribution in [1.82, 2.24) is 15.2 Å². The third kappa shape index (κ3) is 4.40. The second-order valence-electron chi connectivity index (χ2n) is 8.10. The number of rotatable bonds is 5. The molecular weight excluding hydrogens is 342 g/mol. The van der Waals surface area contributed by atoms with Crippen LogP contribution in [-0.4, -0.2) is 60.0 Å². The number of hydrogen-bond acceptors (Lipinski definition) is 5. The van der Waals surface area contributed by atoms with Crippen molar-refractivity contribution in [3.8, 4) is 0 Å². The molecule has 1 saturated carbocycles. The number of likely N-dealkylation sites (tertiary alicyclic amines) is 1. The van der Waals surface area contributed by atoms with Gasteiger partial charge in [-0.1, -0.05) is 0 Å². The number of primary amides is 1. The number of nitrogens with two attached hydrogens (primary N) is 1. The van der Waals surface area contributed by atoms with Crippen molar-refractivity contribution < 1.29 is 9.59 Å². The van der Waals surface area contributed by atoms with E-state index in [9.17, 15) is 9.59 Å². The molecule has 1 aliphatic carbocycles. The van der Waals surface area contributed by atoms with Crippen LogP contribution in [0.4, 0.5) is 5.82 Å². The summed E-state index contributed by atoms with van der Waals surface area (Å²) in [5, 5.41) is 3.17. The Bertz CT molecular complexity index is 697. The average molecular weight is 371 g/mol. The van der Waals surface area contributed by atoms with E-state index in [4.69, 9.17) is 5.73 Å². The molecule has 0 radical (unpaired) electrons. The van der Waals surface area contributed by atoms with E-state index in [2.05, 4.69) is 20.1 Å². The second-order valence-corrected chi connectivity index (χ2v) is 8.10. The highest BCUT2D eigenvalue weighted by Gasteiger charge is 2.33. The number of anilines is 1. The summed E-state index contributed by atoms with van der Waals surface area (Å²) in [6.07, 6.45) is 8.16. The van der Waals surface area contributed by atoms with Gasteiger partial charge in [0.1, 0.15) is 5.82 Å². The fourth-order valence-corrected chi connectivity index (χ4v) is 4.30. The van der Waals surface area contributed by atoms with Gasteiger partial charge in [0.15, 0.2) is 0 Å². The lowest BCUT2D eigenvalue weighted by Crippen LogP contribution is -2.51. The monoisotopic (exact) mass is 371 g/mol. The first kappa shape index (κ1) is 18.2. The normalized spacial score (nSPS) is 24.6. The minimum Gasteiger partial charge on any atom is -0.366 e. The summed E-state index contributed by atoms with van der Waals surface area (Å²) < 4.78 is 0. The first-order valence-corrected chi connectivity index (χ1v) is 10.2. The zero-order chi connectivity index (χ0) is 18.8. The summed E-state index contributed by atoms with van der Waals surface area (Å²) in [4.78, 5) is 32.9. The van der Waals surface area contributed by atoms with Crippen molar-refractivity contribution in [2.24, 2.45) is 11.7 Å². The van der Waals surface area contributed by atoms with Gasteiger partial charge in [0, 0.05) is 43.5 Å². The molecule has 7 heteroatoms. The number of nitrogens with one attached hydrogen (secondary N) is 1. The number of carbonyl (C=O) groups is 2. The van der Waals surface area contributed by atoms with Crippen molar-refractivity contribution in [1.29, 1.82) is 0 Å². The second kappa shape index (κ2) is 7.84. The van der Waals surface area contributed by atoms with Crippen molar-refractivity contribution in [2.45, 2.75) is 50.6 Å². The van der Waals surface area contributed by atoms with E-state index >= 15 is 0 Å². The largest absolute Gasteiger partial charge is 0.366 e. The Morgan fingerprint density at radius 3 is 2.59 bits per heavy atom. The van der Waals surface area contributed by atoms with Crippen molar-refractivity contribution >= 4 is 17.6 Å². The van der Waals surface area contributed by atoms with E-state index < -0.39 is 5.91 Å². The smallest absolute Gasteiger partial charge is 0.248 e. The fraction of sp³-hybridized carbons (Fsp3) is 0.650. The minimum absolute atomic E-state index is 0.145. The number of pyridine rings is 1. The van der Waals surface area contributed by atoms with Gasteiger partial charge in [0.05, 0.1) is 5.92 Å². The Morgan fingerprint density at radius 1 is 1.11 bits per heavy atom. The van der Waals surface area contributed by atoms with Gasteiger partial charge < -0.3 is 16.0 Å². The maximum absolute atomic E-state index is 12.4. The first-order chi connectivity index (χ1) is 13.1. The van der Waals surface area contributed by atoms with E-state index in [0.29, 0.717) is 17.6 Å². The summed E-state index contributed by atoms with van der Waals surface area (Å²) >= 11 is 0. The molecule has 2 amide bonds. The molecule has 3 N–H and O–H groups in total. The van der Waals surface area contributed by atoms with Crippen LogP contribution in [0.1, 0.15) is 48.9 Å². The molecule has 4 rings (SSSR count). The molecule has 0 bridgehead atoms. The molecule has 27 heavy (non-hydrogen) atoms. The maximum atomic E-state index is 12.4. The number of piperidine rings is 2. The van der Waals surface area contributed by atoms with E-state index in [1.165, 1.54) is 0 Å². The summed E-state index contributed by atoms with van der Waals surface area (Å²) in [6, 6.07) is 4.40. The van der Waals surface area contributed by atoms with Crippen LogP contribution in [0.3, 0.4) is 0 Å². The molecule has 0 spiro atoms. The van der Waals surface area contributed by atoms with Crippen molar-refractivity contribution in [3.63, 3.8) is 0 Å². The van der Waals surface area contributed by atoms with Crippen LogP contribution < -0.4 is 16.0 Å². The van der Waals surface area contributed by atoms with Crippen molar-refractivity contribution in [2.75, 3.05) is 31.1 Å². The van der Waals surface area contributed by atoms with Crippen LogP contribution in [0.25, 0.3) is 0 Å². The molecular formula is C20H29N5O2. The number of nitrogens with zero attached hydrogens (tertiary/aromatic N) is 3. The van der Waals surface area contributed by atoms with E-state index in [1.807, 2.05) is 0 Å². The lowest BCUT2D eigenvalue weighted by atomic mass is 9.93. The van der Waals surface area contributed by atoms with Gasteiger partial charge in [-0.05, 0) is 57.2 Å². The number of carbonyl (C=O) groups excluding carboxylic acids is 2. The zero-order valence-electron chi connectivity index (χ0n) is 15.8. The Labute approximate surface area is 160 Å². The third-order valence-electron chi connectivity index (χ3n) is 6.08. The highest BCUT2D eigenvalue weighted by Crippen LogP contribution is 2.27. The Balaban J connectivity index is 1.31. The standard InChI is InChI=1S/C20H29N5O2/c21-19(26)14-5-8-22-18(12-14)24-10-6-17(7-11-24)25-9-1-2-15(13-25)20(27)23-16-3-4-16/h5,8,12,15-17H,1-4,6-7,9-11,13H2,(H2,21,26)(H,23,27). The Hall–Kier alpha value is -2.15. The molecule has 3 fully saturated rings. The Morgan fingerprint density at radius 2 is 1.89 bits per heavy atom. The van der Waals surface area contributed by atoms with Crippen LogP contribution in [0.2, 0.25) is 0 Å². The molecule has 1 unspecified atom stereocenters. The summed E-state index contributed by atoms with van der Waals surface area (Å²) in [5.74, 6) is 0.806. The van der Waals surface area contributed by atoms with Gasteiger partial charge in [-0.25, -0.2) is 4.98 Å². The molecule has 1 aromatic rings. The SMILES string of the molecule is NC(=O)c1ccnc(N2CCC(N3CCCC(C(=O)NC4CC4)C3)CC2)c1. The van der Waals surface area contributed by atoms with E-state index in [-0.39, 0.29) is 11.8 Å². The number of amides is 2. The molecule has 3 heterocycles. The first-order valence-electron chi connectivity index (χ1n) is 10.2. The van der Waals surface area contributed by atoms with Gasteiger partial charge in [0.2, 0.25) is 11.8 Å². The summed E-state index contributed by atoms with van der Waals surface area (Å²) in [5.41, 5.74) is 5.88. The molecule has 1 aromatic heterocycles. The average Bonchev–Trinajstić information content (AvgIpc) is 3.52. The molecule has 0 aromatic carbocycles.